The van der Waals surface area contributed by atoms with Gasteiger partial charge in [-0.1, -0.05) is 0 Å². The fraction of sp³-hybridized carbons (Fsp3) is 0.579. The van der Waals surface area contributed by atoms with Gasteiger partial charge in [-0.05, 0) is 19.1 Å². The maximum Gasteiger partial charge on any atom is 0.247 e. The number of carbonyl (C=O) groups excluding carboxylic acids is 2. The second-order valence-electron chi connectivity index (χ2n) is 7.13. The van der Waals surface area contributed by atoms with Gasteiger partial charge in [0.05, 0.1) is 20.8 Å². The van der Waals surface area contributed by atoms with Gasteiger partial charge in [-0.25, -0.2) is 8.42 Å². The molecule has 166 valence electrons. The highest BCUT2D eigenvalue weighted by Crippen LogP contribution is 2.34. The Morgan fingerprint density at radius 3 is 2.43 bits per heavy atom. The molecule has 0 unspecified atom stereocenters. The van der Waals surface area contributed by atoms with Crippen LogP contribution in [0.1, 0.15) is 6.92 Å². The minimum Gasteiger partial charge on any atom is -0.497 e. The number of carbonyl (C=O) groups is 2. The van der Waals surface area contributed by atoms with Gasteiger partial charge in [-0.15, -0.1) is 0 Å². The van der Waals surface area contributed by atoms with Crippen LogP contribution in [0, 0.1) is 0 Å². The normalized spacial score (nSPS) is 22.8. The highest BCUT2D eigenvalue weighted by molar-refractivity contribution is 7.89. The fourth-order valence-electron chi connectivity index (χ4n) is 3.81. The molecule has 0 saturated carbocycles. The lowest BCUT2D eigenvalue weighted by Crippen LogP contribution is -2.69. The molecule has 0 aromatic heterocycles. The molecule has 0 radical (unpaired) electrons. The van der Waals surface area contributed by atoms with Crippen LogP contribution in [0.5, 0.6) is 11.5 Å². The van der Waals surface area contributed by atoms with Crippen LogP contribution < -0.4 is 9.47 Å². The van der Waals surface area contributed by atoms with Gasteiger partial charge < -0.3 is 24.0 Å². The number of fused-ring (bicyclic) bond motifs is 1. The van der Waals surface area contributed by atoms with Gasteiger partial charge in [0.25, 0.3) is 0 Å². The average molecular weight is 442 g/mol. The lowest BCUT2D eigenvalue weighted by atomic mass is 10.0. The number of sulfonamides is 1. The van der Waals surface area contributed by atoms with Crippen LogP contribution in [0.15, 0.2) is 23.1 Å². The van der Waals surface area contributed by atoms with Crippen LogP contribution in [0.2, 0.25) is 0 Å². The smallest absolute Gasteiger partial charge is 0.247 e. The van der Waals surface area contributed by atoms with Gasteiger partial charge in [-0.3, -0.25) is 9.59 Å². The zero-order chi connectivity index (χ0) is 22.1. The summed E-state index contributed by atoms with van der Waals surface area (Å²) in [5.74, 6) is -0.200. The standard InChI is InChI=1S/C19H27N3O7S/c1-13-18(23)21-8-7-20(9-10-27-2)19(24)15(21)12-22(13)30(25,26)17-11-14(28-3)5-6-16(17)29-4/h5-6,11,13,15H,7-10,12H2,1-4H3/t13-,15-/m0/s1. The summed E-state index contributed by atoms with van der Waals surface area (Å²) >= 11 is 0. The average Bonchev–Trinajstić information content (AvgIpc) is 2.75. The zero-order valence-electron chi connectivity index (χ0n) is 17.5. The van der Waals surface area contributed by atoms with Crippen LogP contribution in [-0.2, 0) is 24.3 Å². The second-order valence-corrected chi connectivity index (χ2v) is 8.99. The van der Waals surface area contributed by atoms with Crippen molar-refractivity contribution in [2.75, 3.05) is 54.1 Å². The Labute approximate surface area is 176 Å². The van der Waals surface area contributed by atoms with E-state index in [4.69, 9.17) is 14.2 Å². The summed E-state index contributed by atoms with van der Waals surface area (Å²) in [6.45, 7) is 2.92. The molecule has 2 atom stereocenters. The van der Waals surface area contributed by atoms with Crippen molar-refractivity contribution in [2.24, 2.45) is 0 Å². The summed E-state index contributed by atoms with van der Waals surface area (Å²) in [6.07, 6.45) is 0. The third kappa shape index (κ3) is 3.84. The third-order valence-electron chi connectivity index (χ3n) is 5.53. The minimum atomic E-state index is -4.14. The molecular formula is C19H27N3O7S. The molecule has 2 fully saturated rings. The SMILES string of the molecule is COCCN1CCN2C(=O)[C@H](C)N(S(=O)(=O)c3cc(OC)ccc3OC)C[C@H]2C1=O. The van der Waals surface area contributed by atoms with Crippen LogP contribution >= 0.6 is 0 Å². The maximum absolute atomic E-state index is 13.5. The van der Waals surface area contributed by atoms with E-state index in [9.17, 15) is 18.0 Å². The molecule has 2 saturated heterocycles. The predicted octanol–water partition coefficient (Wildman–Crippen LogP) is -0.218. The number of hydrogen-bond donors (Lipinski definition) is 0. The largest absolute Gasteiger partial charge is 0.497 e. The topological polar surface area (TPSA) is 106 Å². The molecule has 1 aromatic rings. The minimum absolute atomic E-state index is 0.114. The summed E-state index contributed by atoms with van der Waals surface area (Å²) in [4.78, 5) is 28.9. The van der Waals surface area contributed by atoms with Gasteiger partial charge >= 0.3 is 0 Å². The highest BCUT2D eigenvalue weighted by atomic mass is 32.2. The molecule has 3 rings (SSSR count). The van der Waals surface area contributed by atoms with Crippen molar-refractivity contribution in [1.29, 1.82) is 0 Å². The number of benzene rings is 1. The van der Waals surface area contributed by atoms with Crippen molar-refractivity contribution in [3.05, 3.63) is 18.2 Å². The van der Waals surface area contributed by atoms with E-state index in [1.54, 1.807) is 18.1 Å². The molecule has 2 heterocycles. The molecule has 0 spiro atoms. The van der Waals surface area contributed by atoms with Crippen molar-refractivity contribution in [3.8, 4) is 11.5 Å². The third-order valence-corrected chi connectivity index (χ3v) is 7.49. The van der Waals surface area contributed by atoms with E-state index < -0.39 is 28.0 Å². The Kier molecular flexibility index (Phi) is 6.53. The van der Waals surface area contributed by atoms with Crippen LogP contribution in [0.4, 0.5) is 0 Å². The maximum atomic E-state index is 13.5. The van der Waals surface area contributed by atoms with Crippen molar-refractivity contribution >= 4 is 21.8 Å². The molecule has 2 aliphatic heterocycles. The Bertz CT molecular complexity index is 921. The summed E-state index contributed by atoms with van der Waals surface area (Å²) in [7, 11) is 0.197. The fourth-order valence-corrected chi connectivity index (χ4v) is 5.58. The van der Waals surface area contributed by atoms with Crippen LogP contribution in [0.25, 0.3) is 0 Å². The quantitative estimate of drug-likeness (QED) is 0.576. The monoisotopic (exact) mass is 441 g/mol. The number of methoxy groups -OCH3 is 3. The summed E-state index contributed by atoms with van der Waals surface area (Å²) in [5, 5.41) is 0. The Morgan fingerprint density at radius 2 is 1.80 bits per heavy atom. The molecule has 2 amide bonds. The molecular weight excluding hydrogens is 414 g/mol. The molecule has 30 heavy (non-hydrogen) atoms. The van der Waals surface area contributed by atoms with Crippen molar-refractivity contribution in [2.45, 2.75) is 23.9 Å². The van der Waals surface area contributed by atoms with E-state index in [2.05, 4.69) is 0 Å². The Balaban J connectivity index is 1.96. The lowest BCUT2D eigenvalue weighted by Gasteiger charge is -2.47. The first kappa shape index (κ1) is 22.3. The van der Waals surface area contributed by atoms with Crippen molar-refractivity contribution in [1.82, 2.24) is 14.1 Å². The zero-order valence-corrected chi connectivity index (χ0v) is 18.3. The van der Waals surface area contributed by atoms with Crippen molar-refractivity contribution in [3.63, 3.8) is 0 Å². The summed E-state index contributed by atoms with van der Waals surface area (Å²) < 4.78 is 43.5. The van der Waals surface area contributed by atoms with E-state index in [1.165, 1.54) is 38.2 Å². The first-order valence-corrected chi connectivity index (χ1v) is 11.0. The Hall–Kier alpha value is -2.37. The highest BCUT2D eigenvalue weighted by Gasteiger charge is 2.49. The Morgan fingerprint density at radius 1 is 1.07 bits per heavy atom. The number of rotatable bonds is 7. The molecule has 0 N–H and O–H groups in total. The lowest BCUT2D eigenvalue weighted by molar-refractivity contribution is -0.158. The molecule has 0 bridgehead atoms. The number of hydrogen-bond acceptors (Lipinski definition) is 7. The van der Waals surface area contributed by atoms with Crippen molar-refractivity contribution < 1.29 is 32.2 Å². The number of nitrogens with zero attached hydrogens (tertiary/aromatic N) is 3. The number of ether oxygens (including phenoxy) is 3. The first-order chi connectivity index (χ1) is 14.3. The van der Waals surface area contributed by atoms with Crippen LogP contribution in [-0.4, -0.2) is 101 Å². The van der Waals surface area contributed by atoms with E-state index in [1.807, 2.05) is 0 Å². The summed E-state index contributed by atoms with van der Waals surface area (Å²) in [6, 6.07) is 2.62. The van der Waals surface area contributed by atoms with E-state index in [-0.39, 0.29) is 23.1 Å². The summed E-state index contributed by atoms with van der Waals surface area (Å²) in [5.41, 5.74) is 0. The van der Waals surface area contributed by atoms with Gasteiger partial charge in [0.15, 0.2) is 0 Å². The van der Waals surface area contributed by atoms with Gasteiger partial charge in [-0.2, -0.15) is 4.31 Å². The van der Waals surface area contributed by atoms with Crippen LogP contribution in [0.3, 0.4) is 0 Å². The molecule has 2 aliphatic rings. The predicted molar refractivity (Wildman–Crippen MR) is 107 cm³/mol. The second kappa shape index (κ2) is 8.78. The van der Waals surface area contributed by atoms with Gasteiger partial charge in [0, 0.05) is 39.4 Å². The van der Waals surface area contributed by atoms with E-state index in [0.29, 0.717) is 32.0 Å². The number of piperazine rings is 2. The molecule has 0 aliphatic carbocycles. The van der Waals surface area contributed by atoms with E-state index >= 15 is 0 Å². The van der Waals surface area contributed by atoms with Gasteiger partial charge in [0.2, 0.25) is 21.8 Å². The van der Waals surface area contributed by atoms with Gasteiger partial charge in [0.1, 0.15) is 28.5 Å². The van der Waals surface area contributed by atoms with E-state index in [0.717, 1.165) is 4.31 Å². The first-order valence-electron chi connectivity index (χ1n) is 9.58. The molecule has 10 nitrogen and oxygen atoms in total. The molecule has 11 heteroatoms. The molecule has 1 aromatic carbocycles. The number of amides is 2.